The maximum Gasteiger partial charge on any atom is 0.368 e. The van der Waals surface area contributed by atoms with E-state index in [1.165, 1.54) is 0 Å². The number of hydrogen-bond acceptors (Lipinski definition) is 4. The molecule has 0 amide bonds. The van der Waals surface area contributed by atoms with Crippen LogP contribution in [0.1, 0.15) is 25.0 Å². The number of carbonyl (C=O) groups is 1. The van der Waals surface area contributed by atoms with Crippen LogP contribution in [0.15, 0.2) is 72.4 Å². The van der Waals surface area contributed by atoms with E-state index in [1.807, 2.05) is 91.1 Å². The highest BCUT2D eigenvalue weighted by Crippen LogP contribution is 2.35. The molecular weight excluding hydrogens is 416 g/mol. The third kappa shape index (κ3) is 3.72. The van der Waals surface area contributed by atoms with E-state index in [4.69, 9.17) is 14.2 Å². The lowest BCUT2D eigenvalue weighted by molar-refractivity contribution is -0.343. The van der Waals surface area contributed by atoms with E-state index in [0.29, 0.717) is 6.61 Å². The van der Waals surface area contributed by atoms with Crippen molar-refractivity contribution in [1.29, 1.82) is 0 Å². The fourth-order valence-electron chi connectivity index (χ4n) is 4.40. The number of aryl methyl sites for hydroxylation is 2. The summed E-state index contributed by atoms with van der Waals surface area (Å²) in [6.45, 7) is 3.90. The van der Waals surface area contributed by atoms with Crippen LogP contribution in [0.3, 0.4) is 0 Å². The van der Waals surface area contributed by atoms with Crippen molar-refractivity contribution in [3.8, 4) is 0 Å². The van der Waals surface area contributed by atoms with Gasteiger partial charge in [0.05, 0.1) is 6.61 Å². The van der Waals surface area contributed by atoms with E-state index in [-0.39, 0.29) is 17.3 Å². The Labute approximate surface area is 192 Å². The smallest absolute Gasteiger partial charge is 0.368 e. The summed E-state index contributed by atoms with van der Waals surface area (Å²) in [5.41, 5.74) is 3.93. The second-order valence-electron chi connectivity index (χ2n) is 8.27. The Morgan fingerprint density at radius 2 is 1.30 bits per heavy atom. The van der Waals surface area contributed by atoms with E-state index in [1.54, 1.807) is 19.1 Å². The Hall–Kier alpha value is -3.77. The van der Waals surface area contributed by atoms with Crippen molar-refractivity contribution >= 4 is 39.7 Å². The number of benzene rings is 2. The molecular formula is C27H26N2O4. The highest BCUT2D eigenvalue weighted by Gasteiger charge is 2.41. The second-order valence-corrected chi connectivity index (χ2v) is 8.27. The highest BCUT2D eigenvalue weighted by molar-refractivity contribution is 6.12. The van der Waals surface area contributed by atoms with Crippen LogP contribution in [0.4, 0.5) is 0 Å². The number of fused-ring (bicyclic) bond motifs is 2. The lowest BCUT2D eigenvalue weighted by Gasteiger charge is -2.35. The molecule has 0 atom stereocenters. The molecule has 2 aromatic heterocycles. The van der Waals surface area contributed by atoms with Gasteiger partial charge in [-0.3, -0.25) is 4.79 Å². The van der Waals surface area contributed by atoms with Crippen LogP contribution in [0.25, 0.3) is 34.0 Å². The summed E-state index contributed by atoms with van der Waals surface area (Å²) in [5, 5.41) is 2.07. The molecule has 3 heterocycles. The number of rotatable bonds is 4. The van der Waals surface area contributed by atoms with Gasteiger partial charge >= 0.3 is 5.97 Å². The first-order valence-corrected chi connectivity index (χ1v) is 11.0. The summed E-state index contributed by atoms with van der Waals surface area (Å²) < 4.78 is 21.7. The fourth-order valence-corrected chi connectivity index (χ4v) is 4.40. The first-order valence-electron chi connectivity index (χ1n) is 11.0. The SMILES string of the molecule is CCOC1(C)OC(=Cc2cn(C)c3ccccc23)C(=O)C(=Cc2cn(C)c3ccccc23)O1. The number of ketones is 1. The largest absolute Gasteiger partial charge is 0.426 e. The van der Waals surface area contributed by atoms with Crippen LogP contribution in [-0.4, -0.2) is 27.5 Å². The summed E-state index contributed by atoms with van der Waals surface area (Å²) in [5.74, 6) is -1.37. The predicted molar refractivity (Wildman–Crippen MR) is 129 cm³/mol. The number of carbonyl (C=O) groups excluding carboxylic acids is 1. The fraction of sp³-hybridized carbons (Fsp3) is 0.222. The normalized spacial score (nSPS) is 21.2. The Morgan fingerprint density at radius 3 is 1.76 bits per heavy atom. The topological polar surface area (TPSA) is 54.6 Å². The number of hydrogen-bond donors (Lipinski definition) is 0. The molecule has 0 spiro atoms. The van der Waals surface area contributed by atoms with E-state index >= 15 is 0 Å². The first kappa shape index (κ1) is 21.1. The molecule has 6 nitrogen and oxygen atoms in total. The van der Waals surface area contributed by atoms with Gasteiger partial charge in [-0.25, -0.2) is 0 Å². The number of aromatic nitrogens is 2. The standard InChI is InChI=1S/C27H26N2O4/c1-5-31-27(2)32-24(14-18-16-28(3)22-12-8-6-10-20(18)22)26(30)25(33-27)15-19-17-29(4)23-13-9-7-11-21(19)23/h6-17H,5H2,1-4H3. The maximum atomic E-state index is 13.5. The molecule has 0 unspecified atom stereocenters. The number of nitrogens with zero attached hydrogens (tertiary/aromatic N) is 2. The van der Waals surface area contributed by atoms with E-state index in [2.05, 4.69) is 0 Å². The summed E-state index contributed by atoms with van der Waals surface area (Å²) >= 11 is 0. The molecule has 1 fully saturated rings. The summed E-state index contributed by atoms with van der Waals surface area (Å²) in [6.07, 6.45) is 7.49. The van der Waals surface area contributed by atoms with Gasteiger partial charge in [-0.2, -0.15) is 0 Å². The molecule has 0 radical (unpaired) electrons. The van der Waals surface area contributed by atoms with Gasteiger partial charge in [-0.15, -0.1) is 0 Å². The number of para-hydroxylation sites is 2. The molecule has 1 aliphatic rings. The van der Waals surface area contributed by atoms with Crippen molar-refractivity contribution in [3.63, 3.8) is 0 Å². The van der Waals surface area contributed by atoms with Crippen LogP contribution in [-0.2, 0) is 33.1 Å². The number of ether oxygens (including phenoxy) is 3. The highest BCUT2D eigenvalue weighted by atomic mass is 16.9. The summed E-state index contributed by atoms with van der Waals surface area (Å²) in [6, 6.07) is 16.1. The first-order chi connectivity index (χ1) is 15.9. The third-order valence-electron chi connectivity index (χ3n) is 5.87. The van der Waals surface area contributed by atoms with Crippen LogP contribution in [0.5, 0.6) is 0 Å². The van der Waals surface area contributed by atoms with Crippen molar-refractivity contribution in [2.75, 3.05) is 6.61 Å². The van der Waals surface area contributed by atoms with Gasteiger partial charge in [-0.05, 0) is 31.2 Å². The Bertz CT molecular complexity index is 1340. The lowest BCUT2D eigenvalue weighted by atomic mass is 10.1. The third-order valence-corrected chi connectivity index (χ3v) is 5.87. The molecule has 33 heavy (non-hydrogen) atoms. The van der Waals surface area contributed by atoms with Crippen LogP contribution >= 0.6 is 0 Å². The molecule has 0 aliphatic carbocycles. The van der Waals surface area contributed by atoms with E-state index in [0.717, 1.165) is 32.9 Å². The molecule has 1 aliphatic heterocycles. The average molecular weight is 443 g/mol. The zero-order valence-corrected chi connectivity index (χ0v) is 19.2. The molecule has 4 aromatic rings. The van der Waals surface area contributed by atoms with Gasteiger partial charge in [0.25, 0.3) is 5.78 Å². The van der Waals surface area contributed by atoms with Crippen molar-refractivity contribution in [1.82, 2.24) is 9.13 Å². The van der Waals surface area contributed by atoms with Crippen LogP contribution in [0, 0.1) is 0 Å². The van der Waals surface area contributed by atoms with Gasteiger partial charge in [0.1, 0.15) is 0 Å². The molecule has 2 aromatic carbocycles. The van der Waals surface area contributed by atoms with Crippen molar-refractivity contribution in [3.05, 3.63) is 83.6 Å². The van der Waals surface area contributed by atoms with Crippen molar-refractivity contribution in [2.45, 2.75) is 19.8 Å². The van der Waals surface area contributed by atoms with Gasteiger partial charge in [-0.1, -0.05) is 36.4 Å². The zero-order chi connectivity index (χ0) is 23.2. The predicted octanol–water partition coefficient (Wildman–Crippen LogP) is 5.38. The summed E-state index contributed by atoms with van der Waals surface area (Å²) in [7, 11) is 3.96. The molecule has 0 saturated carbocycles. The maximum absolute atomic E-state index is 13.5. The second kappa shape index (κ2) is 7.98. The Kier molecular flexibility index (Phi) is 5.10. The van der Waals surface area contributed by atoms with Crippen LogP contribution in [0.2, 0.25) is 0 Å². The molecule has 168 valence electrons. The van der Waals surface area contributed by atoms with Gasteiger partial charge in [0.2, 0.25) is 0 Å². The molecule has 6 heteroatoms. The lowest BCUT2D eigenvalue weighted by Crippen LogP contribution is -2.42. The van der Waals surface area contributed by atoms with Crippen LogP contribution < -0.4 is 0 Å². The molecule has 1 saturated heterocycles. The molecule has 0 N–H and O–H groups in total. The molecule has 0 bridgehead atoms. The van der Waals surface area contributed by atoms with Gasteiger partial charge in [0, 0.05) is 66.3 Å². The average Bonchev–Trinajstić information content (AvgIpc) is 3.29. The number of Topliss-reactive ketones (excluding diaryl/α,β-unsaturated/α-hetero) is 1. The quantitative estimate of drug-likeness (QED) is 0.398. The minimum Gasteiger partial charge on any atom is -0.426 e. The van der Waals surface area contributed by atoms with Crippen molar-refractivity contribution in [2.24, 2.45) is 14.1 Å². The Morgan fingerprint density at radius 1 is 0.848 bits per heavy atom. The van der Waals surface area contributed by atoms with Gasteiger partial charge < -0.3 is 23.3 Å². The Balaban J connectivity index is 1.62. The van der Waals surface area contributed by atoms with Gasteiger partial charge in [0.15, 0.2) is 11.5 Å². The zero-order valence-electron chi connectivity index (χ0n) is 19.2. The van der Waals surface area contributed by atoms with Crippen molar-refractivity contribution < 1.29 is 19.0 Å². The van der Waals surface area contributed by atoms with E-state index in [9.17, 15) is 4.79 Å². The molecule has 5 rings (SSSR count). The minimum atomic E-state index is -1.41. The monoisotopic (exact) mass is 442 g/mol. The summed E-state index contributed by atoms with van der Waals surface area (Å²) in [4.78, 5) is 13.5. The van der Waals surface area contributed by atoms with E-state index < -0.39 is 5.97 Å². The minimum absolute atomic E-state index is 0.181.